The number of fused-ring (bicyclic) bond motifs is 1. The number of amides is 2. The van der Waals surface area contributed by atoms with Gasteiger partial charge in [-0.05, 0) is 49.2 Å². The van der Waals surface area contributed by atoms with E-state index >= 15 is 0 Å². The molecule has 6 heteroatoms. The summed E-state index contributed by atoms with van der Waals surface area (Å²) < 4.78 is 16.0. The van der Waals surface area contributed by atoms with E-state index in [1.807, 2.05) is 32.0 Å². The van der Waals surface area contributed by atoms with Crippen molar-refractivity contribution in [1.29, 1.82) is 0 Å². The molecule has 2 N–H and O–H groups in total. The Morgan fingerprint density at radius 2 is 1.91 bits per heavy atom. The van der Waals surface area contributed by atoms with Crippen molar-refractivity contribution in [3.63, 3.8) is 0 Å². The molecule has 0 spiro atoms. The molecule has 0 atom stereocenters. The second kappa shape index (κ2) is 6.48. The Bertz CT molecular complexity index is 731. The molecular formula is C17H18N2O4. The third-order valence-corrected chi connectivity index (χ3v) is 3.58. The standard InChI is InChI=1S/C17H18N2O4/c1-11-3-5-14(7-12(11)2)21-9-18-17(20)19-13-4-6-15-16(8-13)23-10-22-15/h3-8H,9-10H2,1-2H3,(H2,18,19,20). The van der Waals surface area contributed by atoms with Crippen molar-refractivity contribution in [2.24, 2.45) is 0 Å². The van der Waals surface area contributed by atoms with Gasteiger partial charge in [-0.3, -0.25) is 0 Å². The number of carbonyl (C=O) groups is 1. The first-order chi connectivity index (χ1) is 11.1. The van der Waals surface area contributed by atoms with Crippen molar-refractivity contribution >= 4 is 11.7 Å². The van der Waals surface area contributed by atoms with Gasteiger partial charge in [0.2, 0.25) is 6.79 Å². The minimum atomic E-state index is -0.354. The Morgan fingerprint density at radius 3 is 2.74 bits per heavy atom. The van der Waals surface area contributed by atoms with E-state index in [1.54, 1.807) is 18.2 Å². The quantitative estimate of drug-likeness (QED) is 0.850. The Labute approximate surface area is 134 Å². The summed E-state index contributed by atoms with van der Waals surface area (Å²) in [6.45, 7) is 4.34. The van der Waals surface area contributed by atoms with Gasteiger partial charge in [0.15, 0.2) is 18.2 Å². The van der Waals surface area contributed by atoms with Crippen LogP contribution >= 0.6 is 0 Å². The van der Waals surface area contributed by atoms with Gasteiger partial charge in [-0.1, -0.05) is 6.07 Å². The summed E-state index contributed by atoms with van der Waals surface area (Å²) in [6.07, 6.45) is 0. The maximum absolute atomic E-state index is 11.8. The Kier molecular flexibility index (Phi) is 4.23. The zero-order valence-corrected chi connectivity index (χ0v) is 13.0. The van der Waals surface area contributed by atoms with Gasteiger partial charge in [0.05, 0.1) is 0 Å². The van der Waals surface area contributed by atoms with Crippen LogP contribution in [0, 0.1) is 13.8 Å². The Hall–Kier alpha value is -2.89. The minimum Gasteiger partial charge on any atom is -0.473 e. The van der Waals surface area contributed by atoms with Gasteiger partial charge in [-0.2, -0.15) is 0 Å². The average molecular weight is 314 g/mol. The second-order valence-corrected chi connectivity index (χ2v) is 5.23. The van der Waals surface area contributed by atoms with Gasteiger partial charge in [-0.25, -0.2) is 4.79 Å². The fourth-order valence-electron chi connectivity index (χ4n) is 2.14. The first-order valence-corrected chi connectivity index (χ1v) is 7.26. The number of urea groups is 1. The number of aryl methyl sites for hydroxylation is 2. The molecule has 1 aliphatic rings. The molecule has 0 bridgehead atoms. The first kappa shape index (κ1) is 15.0. The molecule has 2 aromatic rings. The number of rotatable bonds is 4. The molecule has 120 valence electrons. The largest absolute Gasteiger partial charge is 0.473 e. The Balaban J connectivity index is 1.49. The van der Waals surface area contributed by atoms with E-state index in [-0.39, 0.29) is 19.6 Å². The van der Waals surface area contributed by atoms with Crippen molar-refractivity contribution < 1.29 is 19.0 Å². The van der Waals surface area contributed by atoms with E-state index in [0.29, 0.717) is 17.2 Å². The summed E-state index contributed by atoms with van der Waals surface area (Å²) in [5, 5.41) is 5.35. The highest BCUT2D eigenvalue weighted by Gasteiger charge is 2.13. The molecule has 6 nitrogen and oxygen atoms in total. The van der Waals surface area contributed by atoms with Crippen LogP contribution in [0.3, 0.4) is 0 Å². The van der Waals surface area contributed by atoms with Crippen LogP contribution in [0.2, 0.25) is 0 Å². The van der Waals surface area contributed by atoms with Crippen molar-refractivity contribution in [3.8, 4) is 17.2 Å². The van der Waals surface area contributed by atoms with Crippen LogP contribution in [-0.2, 0) is 0 Å². The van der Waals surface area contributed by atoms with Crippen molar-refractivity contribution in [2.45, 2.75) is 13.8 Å². The van der Waals surface area contributed by atoms with Gasteiger partial charge < -0.3 is 24.8 Å². The molecule has 1 aliphatic heterocycles. The molecular weight excluding hydrogens is 296 g/mol. The van der Waals surface area contributed by atoms with E-state index in [1.165, 1.54) is 5.56 Å². The zero-order valence-electron chi connectivity index (χ0n) is 13.0. The molecule has 0 saturated carbocycles. The number of benzene rings is 2. The zero-order chi connectivity index (χ0) is 16.2. The molecule has 2 amide bonds. The van der Waals surface area contributed by atoms with Gasteiger partial charge in [0.25, 0.3) is 0 Å². The molecule has 0 radical (unpaired) electrons. The smallest absolute Gasteiger partial charge is 0.321 e. The highest BCUT2D eigenvalue weighted by Crippen LogP contribution is 2.34. The topological polar surface area (TPSA) is 68.8 Å². The maximum atomic E-state index is 11.8. The van der Waals surface area contributed by atoms with Crippen LogP contribution in [0.15, 0.2) is 36.4 Å². The molecule has 1 heterocycles. The lowest BCUT2D eigenvalue weighted by atomic mass is 10.1. The molecule has 2 aromatic carbocycles. The predicted octanol–water partition coefficient (Wildman–Crippen LogP) is 3.19. The van der Waals surface area contributed by atoms with E-state index < -0.39 is 0 Å². The fourth-order valence-corrected chi connectivity index (χ4v) is 2.14. The summed E-state index contributed by atoms with van der Waals surface area (Å²) in [4.78, 5) is 11.8. The summed E-state index contributed by atoms with van der Waals surface area (Å²) in [7, 11) is 0. The van der Waals surface area contributed by atoms with E-state index in [9.17, 15) is 4.79 Å². The predicted molar refractivity (Wildman–Crippen MR) is 86.1 cm³/mol. The minimum absolute atomic E-state index is 0.0822. The SMILES string of the molecule is Cc1ccc(OCNC(=O)Nc2ccc3c(c2)OCO3)cc1C. The maximum Gasteiger partial charge on any atom is 0.321 e. The van der Waals surface area contributed by atoms with Gasteiger partial charge in [0.1, 0.15) is 5.75 Å². The molecule has 0 unspecified atom stereocenters. The average Bonchev–Trinajstić information content (AvgIpc) is 2.98. The van der Waals surface area contributed by atoms with Crippen LogP contribution in [0.25, 0.3) is 0 Å². The van der Waals surface area contributed by atoms with Crippen molar-refractivity contribution in [3.05, 3.63) is 47.5 Å². The van der Waals surface area contributed by atoms with Crippen LogP contribution in [0.5, 0.6) is 17.2 Å². The Morgan fingerprint density at radius 1 is 1.09 bits per heavy atom. The summed E-state index contributed by atoms with van der Waals surface area (Å²) >= 11 is 0. The fraction of sp³-hybridized carbons (Fsp3) is 0.235. The lowest BCUT2D eigenvalue weighted by molar-refractivity contribution is 0.174. The van der Waals surface area contributed by atoms with Gasteiger partial charge >= 0.3 is 6.03 Å². The van der Waals surface area contributed by atoms with Crippen LogP contribution in [0.4, 0.5) is 10.5 Å². The van der Waals surface area contributed by atoms with Crippen LogP contribution in [-0.4, -0.2) is 19.6 Å². The van der Waals surface area contributed by atoms with E-state index in [4.69, 9.17) is 14.2 Å². The number of hydrogen-bond acceptors (Lipinski definition) is 4. The van der Waals surface area contributed by atoms with Crippen LogP contribution < -0.4 is 24.8 Å². The number of carbonyl (C=O) groups excluding carboxylic acids is 1. The molecule has 0 aromatic heterocycles. The van der Waals surface area contributed by atoms with Crippen LogP contribution in [0.1, 0.15) is 11.1 Å². The summed E-state index contributed by atoms with van der Waals surface area (Å²) in [5.74, 6) is 2.01. The number of anilines is 1. The number of nitrogens with one attached hydrogen (secondary N) is 2. The highest BCUT2D eigenvalue weighted by atomic mass is 16.7. The number of ether oxygens (including phenoxy) is 3. The molecule has 0 aliphatic carbocycles. The summed E-state index contributed by atoms with van der Waals surface area (Å²) in [6, 6.07) is 10.7. The number of hydrogen-bond donors (Lipinski definition) is 2. The van der Waals surface area contributed by atoms with E-state index in [0.717, 1.165) is 11.3 Å². The van der Waals surface area contributed by atoms with E-state index in [2.05, 4.69) is 10.6 Å². The molecule has 23 heavy (non-hydrogen) atoms. The highest BCUT2D eigenvalue weighted by molar-refractivity contribution is 5.89. The summed E-state index contributed by atoms with van der Waals surface area (Å²) in [5.41, 5.74) is 2.97. The van der Waals surface area contributed by atoms with Gasteiger partial charge in [0, 0.05) is 11.8 Å². The second-order valence-electron chi connectivity index (χ2n) is 5.23. The van der Waals surface area contributed by atoms with Gasteiger partial charge in [-0.15, -0.1) is 0 Å². The molecule has 3 rings (SSSR count). The van der Waals surface area contributed by atoms with Crippen molar-refractivity contribution in [1.82, 2.24) is 5.32 Å². The molecule has 0 fully saturated rings. The molecule has 0 saturated heterocycles. The first-order valence-electron chi connectivity index (χ1n) is 7.26. The normalized spacial score (nSPS) is 11.9. The lowest BCUT2D eigenvalue weighted by Crippen LogP contribution is -2.32. The third-order valence-electron chi connectivity index (χ3n) is 3.58. The lowest BCUT2D eigenvalue weighted by Gasteiger charge is -2.11. The van der Waals surface area contributed by atoms with Crippen molar-refractivity contribution in [2.75, 3.05) is 18.8 Å². The monoisotopic (exact) mass is 314 g/mol. The third kappa shape index (κ3) is 3.66.